The van der Waals surface area contributed by atoms with Crippen LogP contribution < -0.4 is 15.5 Å². The van der Waals surface area contributed by atoms with E-state index in [9.17, 15) is 14.4 Å². The number of nitrogens with zero attached hydrogens (tertiary/aromatic N) is 1. The maximum Gasteiger partial charge on any atom is 0.313 e. The zero-order valence-corrected chi connectivity index (χ0v) is 15.1. The normalized spacial score (nSPS) is 13.9. The van der Waals surface area contributed by atoms with Crippen LogP contribution in [-0.2, 0) is 20.8 Å². The molecule has 0 aliphatic carbocycles. The second-order valence-corrected chi connectivity index (χ2v) is 6.50. The third kappa shape index (κ3) is 5.17. The summed E-state index contributed by atoms with van der Waals surface area (Å²) in [5.41, 5.74) is 2.33. The van der Waals surface area contributed by atoms with Gasteiger partial charge in [0.05, 0.1) is 0 Å². The van der Waals surface area contributed by atoms with E-state index in [1.165, 1.54) is 0 Å². The zero-order valence-electron chi connectivity index (χ0n) is 15.1. The Morgan fingerprint density at radius 3 is 2.56 bits per heavy atom. The summed E-state index contributed by atoms with van der Waals surface area (Å²) in [7, 11) is 0. The molecule has 0 aromatic heterocycles. The average Bonchev–Trinajstić information content (AvgIpc) is 2.69. The molecule has 0 spiro atoms. The Hall–Kier alpha value is -3.15. The number of carbonyl (C=O) groups excluding carboxylic acids is 3. The number of benzene rings is 2. The van der Waals surface area contributed by atoms with Gasteiger partial charge in [-0.05, 0) is 43.0 Å². The SMILES string of the molecule is O=C(NCCc1ccccc1)C(=O)Nc1cccc(N2CCCCC2=O)c1. The summed E-state index contributed by atoms with van der Waals surface area (Å²) in [5, 5.41) is 5.22. The van der Waals surface area contributed by atoms with Crippen LogP contribution in [0.25, 0.3) is 0 Å². The highest BCUT2D eigenvalue weighted by Crippen LogP contribution is 2.23. The number of nitrogens with one attached hydrogen (secondary N) is 2. The summed E-state index contributed by atoms with van der Waals surface area (Å²) in [5.74, 6) is -1.31. The van der Waals surface area contributed by atoms with Crippen molar-refractivity contribution >= 4 is 29.1 Å². The van der Waals surface area contributed by atoms with Gasteiger partial charge in [0.25, 0.3) is 0 Å². The van der Waals surface area contributed by atoms with Crippen molar-refractivity contribution in [2.45, 2.75) is 25.7 Å². The Morgan fingerprint density at radius 2 is 1.78 bits per heavy atom. The van der Waals surface area contributed by atoms with Gasteiger partial charge < -0.3 is 15.5 Å². The van der Waals surface area contributed by atoms with Crippen LogP contribution in [0.15, 0.2) is 54.6 Å². The molecule has 0 atom stereocenters. The summed E-state index contributed by atoms with van der Waals surface area (Å²) in [6, 6.07) is 16.8. The second-order valence-electron chi connectivity index (χ2n) is 6.50. The van der Waals surface area contributed by atoms with Crippen molar-refractivity contribution in [2.24, 2.45) is 0 Å². The number of carbonyl (C=O) groups is 3. The maximum absolute atomic E-state index is 12.1. The van der Waals surface area contributed by atoms with Crippen LogP contribution in [0.2, 0.25) is 0 Å². The van der Waals surface area contributed by atoms with Crippen molar-refractivity contribution in [3.63, 3.8) is 0 Å². The highest BCUT2D eigenvalue weighted by molar-refractivity contribution is 6.39. The first-order chi connectivity index (χ1) is 13.1. The predicted molar refractivity (Wildman–Crippen MR) is 104 cm³/mol. The Balaban J connectivity index is 1.53. The largest absolute Gasteiger partial charge is 0.347 e. The van der Waals surface area contributed by atoms with E-state index in [1.807, 2.05) is 36.4 Å². The van der Waals surface area contributed by atoms with E-state index in [-0.39, 0.29) is 5.91 Å². The van der Waals surface area contributed by atoms with Crippen LogP contribution in [0, 0.1) is 0 Å². The van der Waals surface area contributed by atoms with Crippen molar-refractivity contribution < 1.29 is 14.4 Å². The van der Waals surface area contributed by atoms with Gasteiger partial charge in [0.1, 0.15) is 0 Å². The third-order valence-electron chi connectivity index (χ3n) is 4.49. The van der Waals surface area contributed by atoms with Crippen LogP contribution in [0.5, 0.6) is 0 Å². The predicted octanol–water partition coefficient (Wildman–Crippen LogP) is 2.50. The van der Waals surface area contributed by atoms with E-state index in [0.29, 0.717) is 31.6 Å². The van der Waals surface area contributed by atoms with E-state index in [1.54, 1.807) is 23.1 Å². The number of amides is 3. The van der Waals surface area contributed by atoms with Crippen LogP contribution in [-0.4, -0.2) is 30.8 Å². The minimum absolute atomic E-state index is 0.0865. The fourth-order valence-corrected chi connectivity index (χ4v) is 3.06. The molecule has 27 heavy (non-hydrogen) atoms. The number of hydrogen-bond acceptors (Lipinski definition) is 3. The number of rotatable bonds is 5. The molecule has 6 heteroatoms. The Bertz CT molecular complexity index is 820. The summed E-state index contributed by atoms with van der Waals surface area (Å²) in [6.45, 7) is 1.06. The van der Waals surface area contributed by atoms with E-state index in [2.05, 4.69) is 10.6 Å². The minimum atomic E-state index is -0.717. The Labute approximate surface area is 158 Å². The van der Waals surface area contributed by atoms with Crippen LogP contribution in [0.1, 0.15) is 24.8 Å². The molecule has 3 amide bonds. The molecule has 1 aliphatic rings. The molecule has 0 saturated carbocycles. The average molecular weight is 365 g/mol. The lowest BCUT2D eigenvalue weighted by molar-refractivity contribution is -0.136. The zero-order chi connectivity index (χ0) is 19.1. The van der Waals surface area contributed by atoms with Gasteiger partial charge in [0.15, 0.2) is 0 Å². The summed E-state index contributed by atoms with van der Waals surface area (Å²) < 4.78 is 0. The molecule has 6 nitrogen and oxygen atoms in total. The van der Waals surface area contributed by atoms with Crippen LogP contribution in [0.4, 0.5) is 11.4 Å². The highest BCUT2D eigenvalue weighted by atomic mass is 16.2. The van der Waals surface area contributed by atoms with Gasteiger partial charge >= 0.3 is 11.8 Å². The molecule has 2 N–H and O–H groups in total. The first-order valence-corrected chi connectivity index (χ1v) is 9.17. The van der Waals surface area contributed by atoms with Crippen molar-refractivity contribution in [1.29, 1.82) is 0 Å². The van der Waals surface area contributed by atoms with Crippen molar-refractivity contribution in [3.8, 4) is 0 Å². The molecule has 2 aromatic carbocycles. The summed E-state index contributed by atoms with van der Waals surface area (Å²) in [6.07, 6.45) is 3.08. The molecule has 1 fully saturated rings. The van der Waals surface area contributed by atoms with Gasteiger partial charge in [-0.3, -0.25) is 14.4 Å². The van der Waals surface area contributed by atoms with Crippen LogP contribution >= 0.6 is 0 Å². The molecule has 1 aliphatic heterocycles. The van der Waals surface area contributed by atoms with E-state index < -0.39 is 11.8 Å². The molecule has 140 valence electrons. The van der Waals surface area contributed by atoms with Crippen molar-refractivity contribution in [1.82, 2.24) is 5.32 Å². The molecular weight excluding hydrogens is 342 g/mol. The maximum atomic E-state index is 12.1. The topological polar surface area (TPSA) is 78.5 Å². The lowest BCUT2D eigenvalue weighted by Gasteiger charge is -2.27. The van der Waals surface area contributed by atoms with Gasteiger partial charge in [-0.25, -0.2) is 0 Å². The van der Waals surface area contributed by atoms with E-state index in [0.717, 1.165) is 24.1 Å². The van der Waals surface area contributed by atoms with Gasteiger partial charge in [-0.15, -0.1) is 0 Å². The molecule has 1 heterocycles. The van der Waals surface area contributed by atoms with Gasteiger partial charge in [0.2, 0.25) is 5.91 Å². The van der Waals surface area contributed by atoms with Crippen LogP contribution in [0.3, 0.4) is 0 Å². The fourth-order valence-electron chi connectivity index (χ4n) is 3.06. The molecule has 0 unspecified atom stereocenters. The van der Waals surface area contributed by atoms with Gasteiger partial charge in [-0.1, -0.05) is 36.4 Å². The van der Waals surface area contributed by atoms with Gasteiger partial charge in [-0.2, -0.15) is 0 Å². The highest BCUT2D eigenvalue weighted by Gasteiger charge is 2.20. The lowest BCUT2D eigenvalue weighted by Crippen LogP contribution is -2.37. The molecular formula is C21H23N3O3. The molecule has 1 saturated heterocycles. The number of piperidine rings is 1. The standard InChI is InChI=1S/C21H23N3O3/c25-19-11-4-5-14-24(19)18-10-6-9-17(15-18)23-21(27)20(26)22-13-12-16-7-2-1-3-8-16/h1-3,6-10,15H,4-5,11-14H2,(H,22,26)(H,23,27). The second kappa shape index (κ2) is 8.98. The van der Waals surface area contributed by atoms with Crippen molar-refractivity contribution in [2.75, 3.05) is 23.3 Å². The summed E-state index contributed by atoms with van der Waals surface area (Å²) in [4.78, 5) is 37.9. The molecule has 2 aromatic rings. The Kier molecular flexibility index (Phi) is 6.20. The molecule has 3 rings (SSSR count). The minimum Gasteiger partial charge on any atom is -0.347 e. The fraction of sp³-hybridized carbons (Fsp3) is 0.286. The third-order valence-corrected chi connectivity index (χ3v) is 4.49. The first kappa shape index (κ1) is 18.6. The smallest absolute Gasteiger partial charge is 0.313 e. The van der Waals surface area contributed by atoms with E-state index in [4.69, 9.17) is 0 Å². The number of anilines is 2. The van der Waals surface area contributed by atoms with Gasteiger partial charge in [0, 0.05) is 30.9 Å². The molecule has 0 bridgehead atoms. The van der Waals surface area contributed by atoms with E-state index >= 15 is 0 Å². The van der Waals surface area contributed by atoms with Crippen molar-refractivity contribution in [3.05, 3.63) is 60.2 Å². The quantitative estimate of drug-likeness (QED) is 0.799. The number of hydrogen-bond donors (Lipinski definition) is 2. The lowest BCUT2D eigenvalue weighted by atomic mass is 10.1. The first-order valence-electron chi connectivity index (χ1n) is 9.17. The molecule has 0 radical (unpaired) electrons. The summed E-state index contributed by atoms with van der Waals surface area (Å²) >= 11 is 0. The monoisotopic (exact) mass is 365 g/mol. The Morgan fingerprint density at radius 1 is 0.963 bits per heavy atom.